The maximum Gasteiger partial charge on any atom is 0.357 e. The maximum absolute atomic E-state index is 12.0. The number of rotatable bonds is 4. The highest BCUT2D eigenvalue weighted by Crippen LogP contribution is 2.24. The van der Waals surface area contributed by atoms with Gasteiger partial charge in [0, 0.05) is 17.3 Å². The van der Waals surface area contributed by atoms with Crippen LogP contribution in [0.4, 0.5) is 11.5 Å². The van der Waals surface area contributed by atoms with E-state index < -0.39 is 5.97 Å². The van der Waals surface area contributed by atoms with Crippen molar-refractivity contribution in [1.29, 1.82) is 0 Å². The van der Waals surface area contributed by atoms with Gasteiger partial charge in [-0.2, -0.15) is 0 Å². The van der Waals surface area contributed by atoms with Crippen LogP contribution in [0.3, 0.4) is 0 Å². The molecule has 23 heavy (non-hydrogen) atoms. The van der Waals surface area contributed by atoms with Gasteiger partial charge in [-0.15, -0.1) is 0 Å². The number of fused-ring (bicyclic) bond motifs is 1. The summed E-state index contributed by atoms with van der Waals surface area (Å²) in [4.78, 5) is 20.8. The lowest BCUT2D eigenvalue weighted by Crippen LogP contribution is -2.09. The molecule has 0 radical (unpaired) electrons. The highest BCUT2D eigenvalue weighted by molar-refractivity contribution is 5.97. The van der Waals surface area contributed by atoms with Crippen molar-refractivity contribution in [2.24, 2.45) is 0 Å². The highest BCUT2D eigenvalue weighted by Gasteiger charge is 2.14. The molecule has 1 aromatic carbocycles. The van der Waals surface area contributed by atoms with E-state index in [-0.39, 0.29) is 5.69 Å². The van der Waals surface area contributed by atoms with Crippen LogP contribution >= 0.6 is 0 Å². The van der Waals surface area contributed by atoms with Crippen LogP contribution in [0.1, 0.15) is 23.0 Å². The first-order valence-electron chi connectivity index (χ1n) is 7.44. The Morgan fingerprint density at radius 1 is 1.22 bits per heavy atom. The smallest absolute Gasteiger partial charge is 0.357 e. The zero-order valence-electron chi connectivity index (χ0n) is 13.0. The van der Waals surface area contributed by atoms with Crippen LogP contribution in [0.2, 0.25) is 0 Å². The topological polar surface area (TPSA) is 64.1 Å². The number of pyridine rings is 2. The highest BCUT2D eigenvalue weighted by atomic mass is 16.5. The summed E-state index contributed by atoms with van der Waals surface area (Å²) in [6.45, 7) is 4.11. The third kappa shape index (κ3) is 3.29. The van der Waals surface area contributed by atoms with Crippen LogP contribution in [0.5, 0.6) is 0 Å². The monoisotopic (exact) mass is 307 g/mol. The Morgan fingerprint density at radius 2 is 2.00 bits per heavy atom. The molecule has 5 nitrogen and oxygen atoms in total. The molecule has 2 aromatic heterocycles. The van der Waals surface area contributed by atoms with E-state index in [4.69, 9.17) is 4.74 Å². The number of hydrogen-bond donors (Lipinski definition) is 1. The van der Waals surface area contributed by atoms with Gasteiger partial charge >= 0.3 is 5.97 Å². The number of benzene rings is 1. The summed E-state index contributed by atoms with van der Waals surface area (Å²) in [6, 6.07) is 13.4. The third-order valence-corrected chi connectivity index (χ3v) is 3.39. The van der Waals surface area contributed by atoms with Gasteiger partial charge in [0.1, 0.15) is 5.52 Å². The van der Waals surface area contributed by atoms with Crippen LogP contribution in [-0.4, -0.2) is 22.5 Å². The van der Waals surface area contributed by atoms with E-state index in [1.807, 2.05) is 43.3 Å². The Balaban J connectivity index is 2.06. The molecule has 0 aliphatic carbocycles. The van der Waals surface area contributed by atoms with Gasteiger partial charge in [-0.25, -0.2) is 9.78 Å². The van der Waals surface area contributed by atoms with Gasteiger partial charge in [0.2, 0.25) is 0 Å². The standard InChI is InChI=1S/C18H17N3O2/c1-3-23-18(22)15-11-13-5-4-10-19-16(13)17(21-15)20-14-8-6-12(2)7-9-14/h4-11H,3H2,1-2H3,(H,20,21). The molecule has 0 aliphatic rings. The van der Waals surface area contributed by atoms with E-state index in [2.05, 4.69) is 15.3 Å². The molecule has 0 saturated carbocycles. The van der Waals surface area contributed by atoms with E-state index in [0.717, 1.165) is 11.1 Å². The Morgan fingerprint density at radius 3 is 2.74 bits per heavy atom. The molecule has 0 fully saturated rings. The minimum Gasteiger partial charge on any atom is -0.461 e. The molecule has 0 bridgehead atoms. The molecule has 1 N–H and O–H groups in total. The van der Waals surface area contributed by atoms with E-state index in [1.165, 1.54) is 5.56 Å². The minimum absolute atomic E-state index is 0.266. The molecule has 0 amide bonds. The molecule has 3 aromatic rings. The van der Waals surface area contributed by atoms with Gasteiger partial charge in [-0.3, -0.25) is 4.98 Å². The Hall–Kier alpha value is -2.95. The average molecular weight is 307 g/mol. The van der Waals surface area contributed by atoms with Crippen molar-refractivity contribution >= 4 is 28.4 Å². The molecule has 0 spiro atoms. The average Bonchev–Trinajstić information content (AvgIpc) is 2.57. The Kier molecular flexibility index (Phi) is 4.19. The van der Waals surface area contributed by atoms with E-state index in [0.29, 0.717) is 17.9 Å². The number of aromatic nitrogens is 2. The largest absolute Gasteiger partial charge is 0.461 e. The SMILES string of the molecule is CCOC(=O)c1cc2cccnc2c(Nc2ccc(C)cc2)n1. The van der Waals surface area contributed by atoms with Crippen LogP contribution in [0.15, 0.2) is 48.7 Å². The van der Waals surface area contributed by atoms with Gasteiger partial charge in [0.25, 0.3) is 0 Å². The van der Waals surface area contributed by atoms with Crippen LogP contribution in [0, 0.1) is 6.92 Å². The van der Waals surface area contributed by atoms with E-state index in [9.17, 15) is 4.79 Å². The lowest BCUT2D eigenvalue weighted by molar-refractivity contribution is 0.0520. The predicted molar refractivity (Wildman–Crippen MR) is 90.0 cm³/mol. The molecule has 0 unspecified atom stereocenters. The molecule has 3 rings (SSSR count). The first kappa shape index (κ1) is 15.0. The fourth-order valence-electron chi connectivity index (χ4n) is 2.26. The number of aryl methyl sites for hydroxylation is 1. The van der Waals surface area contributed by atoms with Crippen molar-refractivity contribution in [1.82, 2.24) is 9.97 Å². The molecule has 2 heterocycles. The van der Waals surface area contributed by atoms with Crippen molar-refractivity contribution in [3.63, 3.8) is 0 Å². The van der Waals surface area contributed by atoms with Crippen molar-refractivity contribution in [2.75, 3.05) is 11.9 Å². The van der Waals surface area contributed by atoms with Gasteiger partial charge in [-0.1, -0.05) is 23.8 Å². The van der Waals surface area contributed by atoms with Crippen LogP contribution < -0.4 is 5.32 Å². The molecule has 5 heteroatoms. The molecular formula is C18H17N3O2. The predicted octanol–water partition coefficient (Wildman–Crippen LogP) is 3.86. The van der Waals surface area contributed by atoms with Gasteiger partial charge in [0.05, 0.1) is 6.61 Å². The first-order chi connectivity index (χ1) is 11.2. The molecule has 0 atom stereocenters. The van der Waals surface area contributed by atoms with Crippen molar-refractivity contribution in [2.45, 2.75) is 13.8 Å². The van der Waals surface area contributed by atoms with Crippen LogP contribution in [-0.2, 0) is 4.74 Å². The Bertz CT molecular complexity index is 845. The number of esters is 1. The number of nitrogens with zero attached hydrogens (tertiary/aromatic N) is 2. The lowest BCUT2D eigenvalue weighted by atomic mass is 10.2. The summed E-state index contributed by atoms with van der Waals surface area (Å²) in [5, 5.41) is 4.06. The van der Waals surface area contributed by atoms with Crippen molar-refractivity contribution < 1.29 is 9.53 Å². The van der Waals surface area contributed by atoms with E-state index in [1.54, 1.807) is 19.2 Å². The molecule has 116 valence electrons. The summed E-state index contributed by atoms with van der Waals surface area (Å²) in [5.74, 6) is 0.0974. The minimum atomic E-state index is -0.440. The fourth-order valence-corrected chi connectivity index (χ4v) is 2.26. The molecular weight excluding hydrogens is 290 g/mol. The van der Waals surface area contributed by atoms with Gasteiger partial charge in [-0.05, 0) is 38.1 Å². The molecule has 0 aliphatic heterocycles. The number of carbonyl (C=O) groups excluding carboxylic acids is 1. The Labute approximate surface area is 134 Å². The van der Waals surface area contributed by atoms with Gasteiger partial charge < -0.3 is 10.1 Å². The fraction of sp³-hybridized carbons (Fsp3) is 0.167. The molecule has 0 saturated heterocycles. The maximum atomic E-state index is 12.0. The second-order valence-electron chi connectivity index (χ2n) is 5.14. The van der Waals surface area contributed by atoms with Gasteiger partial charge in [0.15, 0.2) is 11.5 Å². The summed E-state index contributed by atoms with van der Waals surface area (Å²) in [5.41, 5.74) is 3.03. The number of nitrogens with one attached hydrogen (secondary N) is 1. The van der Waals surface area contributed by atoms with Crippen LogP contribution in [0.25, 0.3) is 10.9 Å². The number of ether oxygens (including phenoxy) is 1. The zero-order chi connectivity index (χ0) is 16.2. The summed E-state index contributed by atoms with van der Waals surface area (Å²) < 4.78 is 5.05. The number of hydrogen-bond acceptors (Lipinski definition) is 5. The summed E-state index contributed by atoms with van der Waals surface area (Å²) in [7, 11) is 0. The second kappa shape index (κ2) is 6.44. The number of anilines is 2. The second-order valence-corrected chi connectivity index (χ2v) is 5.14. The lowest BCUT2D eigenvalue weighted by Gasteiger charge is -2.10. The zero-order valence-corrected chi connectivity index (χ0v) is 13.0. The van der Waals surface area contributed by atoms with Crippen molar-refractivity contribution in [3.8, 4) is 0 Å². The normalized spacial score (nSPS) is 10.5. The van der Waals surface area contributed by atoms with Crippen molar-refractivity contribution in [3.05, 3.63) is 59.9 Å². The first-order valence-corrected chi connectivity index (χ1v) is 7.44. The summed E-state index contributed by atoms with van der Waals surface area (Å²) >= 11 is 0. The van der Waals surface area contributed by atoms with E-state index >= 15 is 0 Å². The number of carbonyl (C=O) groups is 1. The third-order valence-electron chi connectivity index (χ3n) is 3.39. The summed E-state index contributed by atoms with van der Waals surface area (Å²) in [6.07, 6.45) is 1.70. The quantitative estimate of drug-likeness (QED) is 0.741.